The first-order valence-electron chi connectivity index (χ1n) is 6.70. The van der Waals surface area contributed by atoms with Crippen LogP contribution in [0, 0.1) is 3.57 Å². The van der Waals surface area contributed by atoms with Crippen LogP contribution < -0.4 is 15.4 Å². The van der Waals surface area contributed by atoms with Crippen LogP contribution in [0.2, 0.25) is 0 Å². The summed E-state index contributed by atoms with van der Waals surface area (Å²) in [5.74, 6) is 0.574. The van der Waals surface area contributed by atoms with Crippen LogP contribution in [-0.2, 0) is 4.79 Å². The van der Waals surface area contributed by atoms with Gasteiger partial charge in [0.1, 0.15) is 5.75 Å². The molecule has 0 atom stereocenters. The van der Waals surface area contributed by atoms with Gasteiger partial charge in [0, 0.05) is 9.26 Å². The number of anilines is 2. The summed E-state index contributed by atoms with van der Waals surface area (Å²) < 4.78 is 6.56. The molecule has 0 saturated heterocycles. The number of ether oxygens (including phenoxy) is 1. The molecular weight excluding hydrogens is 379 g/mol. The molecule has 1 amide bonds. The number of para-hydroxylation sites is 3. The van der Waals surface area contributed by atoms with Gasteiger partial charge >= 0.3 is 0 Å². The van der Waals surface area contributed by atoms with Gasteiger partial charge in [0.2, 0.25) is 5.91 Å². The third-order valence-electron chi connectivity index (χ3n) is 2.77. The van der Waals surface area contributed by atoms with Crippen molar-refractivity contribution in [3.05, 3.63) is 52.1 Å². The van der Waals surface area contributed by atoms with Crippen LogP contribution in [0.25, 0.3) is 0 Å². The summed E-state index contributed by atoms with van der Waals surface area (Å²) in [6, 6.07) is 15.3. The molecule has 0 unspecified atom stereocenters. The Kier molecular flexibility index (Phi) is 5.86. The number of carbonyl (C=O) groups excluding carboxylic acids is 1. The first-order valence-corrected chi connectivity index (χ1v) is 7.78. The second-order valence-electron chi connectivity index (χ2n) is 4.31. The van der Waals surface area contributed by atoms with Crippen molar-refractivity contribution in [1.82, 2.24) is 0 Å². The monoisotopic (exact) mass is 396 g/mol. The lowest BCUT2D eigenvalue weighted by Crippen LogP contribution is -2.22. The molecule has 2 aromatic rings. The van der Waals surface area contributed by atoms with E-state index in [-0.39, 0.29) is 12.5 Å². The van der Waals surface area contributed by atoms with Gasteiger partial charge in [-0.2, -0.15) is 0 Å². The molecule has 0 saturated carbocycles. The molecule has 2 rings (SSSR count). The lowest BCUT2D eigenvalue weighted by atomic mass is 10.3. The lowest BCUT2D eigenvalue weighted by molar-refractivity contribution is -0.114. The summed E-state index contributed by atoms with van der Waals surface area (Å²) in [4.78, 5) is 12.0. The van der Waals surface area contributed by atoms with Crippen molar-refractivity contribution in [3.63, 3.8) is 0 Å². The highest BCUT2D eigenvalue weighted by Crippen LogP contribution is 2.23. The molecule has 0 heterocycles. The zero-order valence-electron chi connectivity index (χ0n) is 11.7. The Labute approximate surface area is 138 Å². The van der Waals surface area contributed by atoms with Gasteiger partial charge in [-0.05, 0) is 53.8 Å². The third-order valence-corrected chi connectivity index (χ3v) is 3.71. The fraction of sp³-hybridized carbons (Fsp3) is 0.188. The van der Waals surface area contributed by atoms with Crippen LogP contribution in [0.3, 0.4) is 0 Å². The van der Waals surface area contributed by atoms with Crippen LogP contribution in [0.15, 0.2) is 48.5 Å². The minimum atomic E-state index is -0.109. The average Bonchev–Trinajstić information content (AvgIpc) is 2.49. The van der Waals surface area contributed by atoms with E-state index in [0.717, 1.165) is 9.26 Å². The molecule has 2 aromatic carbocycles. The minimum absolute atomic E-state index is 0.109. The van der Waals surface area contributed by atoms with E-state index in [4.69, 9.17) is 4.74 Å². The van der Waals surface area contributed by atoms with Gasteiger partial charge in [-0.1, -0.05) is 24.3 Å². The molecule has 110 valence electrons. The number of halogens is 1. The van der Waals surface area contributed by atoms with E-state index in [9.17, 15) is 4.79 Å². The number of carbonyl (C=O) groups is 1. The summed E-state index contributed by atoms with van der Waals surface area (Å²) in [5.41, 5.74) is 1.64. The van der Waals surface area contributed by atoms with E-state index in [2.05, 4.69) is 33.2 Å². The first-order chi connectivity index (χ1) is 10.2. The Morgan fingerprint density at radius 3 is 2.48 bits per heavy atom. The van der Waals surface area contributed by atoms with Crippen LogP contribution in [0.4, 0.5) is 11.4 Å². The summed E-state index contributed by atoms with van der Waals surface area (Å²) in [6.45, 7) is 2.69. The number of hydrogen-bond donors (Lipinski definition) is 2. The van der Waals surface area contributed by atoms with Crippen LogP contribution in [-0.4, -0.2) is 19.1 Å². The van der Waals surface area contributed by atoms with Crippen LogP contribution in [0.5, 0.6) is 5.75 Å². The predicted octanol–water partition coefficient (Wildman–Crippen LogP) is 3.74. The van der Waals surface area contributed by atoms with Gasteiger partial charge in [0.25, 0.3) is 0 Å². The number of nitrogens with one attached hydrogen (secondary N) is 2. The van der Waals surface area contributed by atoms with E-state index in [1.54, 1.807) is 0 Å². The normalized spacial score (nSPS) is 10.0. The van der Waals surface area contributed by atoms with Crippen molar-refractivity contribution in [2.45, 2.75) is 6.92 Å². The average molecular weight is 396 g/mol. The molecule has 0 aromatic heterocycles. The smallest absolute Gasteiger partial charge is 0.243 e. The van der Waals surface area contributed by atoms with Gasteiger partial charge in [-0.15, -0.1) is 0 Å². The highest BCUT2D eigenvalue weighted by molar-refractivity contribution is 14.1. The minimum Gasteiger partial charge on any atom is -0.492 e. The topological polar surface area (TPSA) is 50.4 Å². The second kappa shape index (κ2) is 7.87. The summed E-state index contributed by atoms with van der Waals surface area (Å²) >= 11 is 2.23. The summed E-state index contributed by atoms with van der Waals surface area (Å²) in [6.07, 6.45) is 0. The van der Waals surface area contributed by atoms with E-state index < -0.39 is 0 Å². The number of benzene rings is 2. The third kappa shape index (κ3) is 4.63. The van der Waals surface area contributed by atoms with E-state index in [0.29, 0.717) is 18.0 Å². The highest BCUT2D eigenvalue weighted by atomic mass is 127. The molecule has 0 spiro atoms. The van der Waals surface area contributed by atoms with Gasteiger partial charge in [0.05, 0.1) is 18.8 Å². The van der Waals surface area contributed by atoms with E-state index in [1.807, 2.05) is 55.5 Å². The van der Waals surface area contributed by atoms with E-state index in [1.165, 1.54) is 0 Å². The number of rotatable bonds is 6. The molecule has 2 N–H and O–H groups in total. The predicted molar refractivity (Wildman–Crippen MR) is 93.9 cm³/mol. The van der Waals surface area contributed by atoms with Crippen molar-refractivity contribution in [1.29, 1.82) is 0 Å². The van der Waals surface area contributed by atoms with Gasteiger partial charge < -0.3 is 15.4 Å². The Balaban J connectivity index is 1.95. The Morgan fingerprint density at radius 1 is 1.10 bits per heavy atom. The van der Waals surface area contributed by atoms with Gasteiger partial charge in [-0.25, -0.2) is 0 Å². The molecule has 0 aliphatic carbocycles. The van der Waals surface area contributed by atoms with E-state index >= 15 is 0 Å². The maximum atomic E-state index is 12.0. The first kappa shape index (κ1) is 15.6. The SMILES string of the molecule is CCOc1ccccc1NC(=O)CNc1ccccc1I. The highest BCUT2D eigenvalue weighted by Gasteiger charge is 2.07. The zero-order valence-corrected chi connectivity index (χ0v) is 13.9. The zero-order chi connectivity index (χ0) is 15.1. The van der Waals surface area contributed by atoms with Gasteiger partial charge in [-0.3, -0.25) is 4.79 Å². The van der Waals surface area contributed by atoms with Crippen molar-refractivity contribution in [2.24, 2.45) is 0 Å². The Bertz CT molecular complexity index is 617. The fourth-order valence-electron chi connectivity index (χ4n) is 1.83. The van der Waals surface area contributed by atoms with Gasteiger partial charge in [0.15, 0.2) is 0 Å². The molecule has 4 nitrogen and oxygen atoms in total. The van der Waals surface area contributed by atoms with Crippen molar-refractivity contribution in [3.8, 4) is 5.75 Å². The number of hydrogen-bond acceptors (Lipinski definition) is 3. The van der Waals surface area contributed by atoms with Crippen LogP contribution in [0.1, 0.15) is 6.92 Å². The number of amides is 1. The Hall–Kier alpha value is -1.76. The molecule has 5 heteroatoms. The summed E-state index contributed by atoms with van der Waals surface area (Å²) in [7, 11) is 0. The maximum absolute atomic E-state index is 12.0. The van der Waals surface area contributed by atoms with Crippen molar-refractivity contribution < 1.29 is 9.53 Å². The van der Waals surface area contributed by atoms with Crippen LogP contribution >= 0.6 is 22.6 Å². The quantitative estimate of drug-likeness (QED) is 0.732. The van der Waals surface area contributed by atoms with Crippen molar-refractivity contribution >= 4 is 39.9 Å². The lowest BCUT2D eigenvalue weighted by Gasteiger charge is -2.12. The second-order valence-corrected chi connectivity index (χ2v) is 5.47. The van der Waals surface area contributed by atoms with Crippen molar-refractivity contribution in [2.75, 3.05) is 23.8 Å². The molecule has 0 radical (unpaired) electrons. The molecule has 0 aliphatic heterocycles. The molecule has 0 fully saturated rings. The molecular formula is C16H17IN2O2. The maximum Gasteiger partial charge on any atom is 0.243 e. The molecule has 0 aliphatic rings. The summed E-state index contributed by atoms with van der Waals surface area (Å²) in [5, 5.41) is 5.98. The largest absolute Gasteiger partial charge is 0.492 e. The molecule has 0 bridgehead atoms. The standard InChI is InChI=1S/C16H17IN2O2/c1-2-21-15-10-6-5-9-14(15)19-16(20)11-18-13-8-4-3-7-12(13)17/h3-10,18H,2,11H2,1H3,(H,19,20). The fourth-order valence-corrected chi connectivity index (χ4v) is 2.40. The Morgan fingerprint density at radius 2 is 1.76 bits per heavy atom. The molecule has 21 heavy (non-hydrogen) atoms.